The third kappa shape index (κ3) is 3.21. The minimum absolute atomic E-state index is 0.0254. The molecule has 8 nitrogen and oxygen atoms in total. The van der Waals surface area contributed by atoms with Gasteiger partial charge in [0.05, 0.1) is 18.8 Å². The summed E-state index contributed by atoms with van der Waals surface area (Å²) in [7, 11) is 0. The number of hydrogen-bond donors (Lipinski definition) is 3. The number of rotatable bonds is 4. The van der Waals surface area contributed by atoms with E-state index in [9.17, 15) is 14.7 Å². The van der Waals surface area contributed by atoms with Crippen molar-refractivity contribution >= 4 is 12.0 Å². The van der Waals surface area contributed by atoms with E-state index >= 15 is 0 Å². The molecule has 1 aliphatic rings. The van der Waals surface area contributed by atoms with Gasteiger partial charge in [0.2, 0.25) is 0 Å². The number of aromatic nitrogens is 2. The number of nitrogens with zero attached hydrogens (tertiary/aromatic N) is 2. The van der Waals surface area contributed by atoms with Gasteiger partial charge in [0.1, 0.15) is 5.82 Å². The molecule has 20 heavy (non-hydrogen) atoms. The second-order valence-electron chi connectivity index (χ2n) is 4.59. The Morgan fingerprint density at radius 3 is 2.95 bits per heavy atom. The van der Waals surface area contributed by atoms with E-state index in [0.29, 0.717) is 18.1 Å². The first-order chi connectivity index (χ1) is 9.52. The summed E-state index contributed by atoms with van der Waals surface area (Å²) < 4.78 is 5.06. The third-order valence-corrected chi connectivity index (χ3v) is 3.05. The maximum atomic E-state index is 11.8. The number of nitrogens with one attached hydrogen (secondary N) is 2. The van der Waals surface area contributed by atoms with E-state index in [1.807, 2.05) is 0 Å². The van der Waals surface area contributed by atoms with Gasteiger partial charge in [-0.25, -0.2) is 19.6 Å². The van der Waals surface area contributed by atoms with Gasteiger partial charge in [-0.2, -0.15) is 0 Å². The average molecular weight is 280 g/mol. The van der Waals surface area contributed by atoms with E-state index in [1.165, 1.54) is 0 Å². The Hall–Kier alpha value is -2.22. The maximum absolute atomic E-state index is 11.8. The van der Waals surface area contributed by atoms with Crippen molar-refractivity contribution in [3.63, 3.8) is 0 Å². The summed E-state index contributed by atoms with van der Waals surface area (Å²) in [6.07, 6.45) is 1.85. The first-order valence-corrected chi connectivity index (χ1v) is 6.17. The van der Waals surface area contributed by atoms with Gasteiger partial charge >= 0.3 is 12.0 Å². The number of ether oxygens (including phenoxy) is 1. The van der Waals surface area contributed by atoms with Gasteiger partial charge in [0, 0.05) is 19.2 Å². The quantitative estimate of drug-likeness (QED) is 0.705. The number of carboxylic acids is 1. The van der Waals surface area contributed by atoms with E-state index in [4.69, 9.17) is 4.74 Å². The molecule has 8 heteroatoms. The minimum atomic E-state index is -1.34. The standard InChI is InChI=1S/C12H16N4O4/c1-8-13-4-2-9(15-8)6-14-11(19)16-12(10(17)18)3-5-20-7-12/h2,4H,3,5-7H2,1H3,(H,17,18)(H2,14,16,19). The molecule has 0 radical (unpaired) electrons. The molecule has 0 bridgehead atoms. The van der Waals surface area contributed by atoms with Crippen molar-refractivity contribution in [2.45, 2.75) is 25.4 Å². The van der Waals surface area contributed by atoms with Crippen LogP contribution >= 0.6 is 0 Å². The summed E-state index contributed by atoms with van der Waals surface area (Å²) in [5.41, 5.74) is -0.689. The predicted molar refractivity (Wildman–Crippen MR) is 67.9 cm³/mol. The molecule has 1 aromatic rings. The van der Waals surface area contributed by atoms with Crippen LogP contribution in [0.5, 0.6) is 0 Å². The highest BCUT2D eigenvalue weighted by Gasteiger charge is 2.43. The second-order valence-corrected chi connectivity index (χ2v) is 4.59. The second kappa shape index (κ2) is 5.83. The van der Waals surface area contributed by atoms with Crippen LogP contribution in [-0.4, -0.2) is 45.8 Å². The number of hydrogen-bond acceptors (Lipinski definition) is 5. The molecule has 1 aromatic heterocycles. The Labute approximate surface area is 115 Å². The van der Waals surface area contributed by atoms with Crippen molar-refractivity contribution in [1.29, 1.82) is 0 Å². The number of aryl methyl sites for hydroxylation is 1. The fraction of sp³-hybridized carbons (Fsp3) is 0.500. The molecular formula is C12H16N4O4. The Balaban J connectivity index is 1.90. The largest absolute Gasteiger partial charge is 0.479 e. The van der Waals surface area contributed by atoms with Crippen LogP contribution in [0.2, 0.25) is 0 Å². The highest BCUT2D eigenvalue weighted by atomic mass is 16.5. The van der Waals surface area contributed by atoms with E-state index in [2.05, 4.69) is 20.6 Å². The molecule has 2 rings (SSSR count). The topological polar surface area (TPSA) is 113 Å². The van der Waals surface area contributed by atoms with Gasteiger partial charge in [0.15, 0.2) is 5.54 Å². The summed E-state index contributed by atoms with van der Waals surface area (Å²) in [6.45, 7) is 2.24. The van der Waals surface area contributed by atoms with Crippen molar-refractivity contribution < 1.29 is 19.4 Å². The minimum Gasteiger partial charge on any atom is -0.479 e. The van der Waals surface area contributed by atoms with E-state index in [1.54, 1.807) is 19.2 Å². The number of carbonyl (C=O) groups excluding carboxylic acids is 1. The summed E-state index contributed by atoms with van der Waals surface area (Å²) in [4.78, 5) is 31.1. The van der Waals surface area contributed by atoms with Gasteiger partial charge < -0.3 is 20.5 Å². The maximum Gasteiger partial charge on any atom is 0.332 e. The molecule has 2 heterocycles. The fourth-order valence-corrected chi connectivity index (χ4v) is 1.92. The predicted octanol–water partition coefficient (Wildman–Crippen LogP) is -0.172. The molecule has 108 valence electrons. The number of urea groups is 1. The van der Waals surface area contributed by atoms with Gasteiger partial charge in [0.25, 0.3) is 0 Å². The van der Waals surface area contributed by atoms with Crippen LogP contribution in [0, 0.1) is 6.92 Å². The average Bonchev–Trinajstić information content (AvgIpc) is 2.86. The molecule has 2 amide bonds. The zero-order valence-electron chi connectivity index (χ0n) is 11.0. The first kappa shape index (κ1) is 14.2. The monoisotopic (exact) mass is 280 g/mol. The van der Waals surface area contributed by atoms with Crippen molar-refractivity contribution in [2.24, 2.45) is 0 Å². The molecule has 1 unspecified atom stereocenters. The smallest absolute Gasteiger partial charge is 0.332 e. The summed E-state index contributed by atoms with van der Waals surface area (Å²) >= 11 is 0. The molecule has 0 aromatic carbocycles. The van der Waals surface area contributed by atoms with Crippen LogP contribution in [0.3, 0.4) is 0 Å². The molecule has 3 N–H and O–H groups in total. The summed E-state index contributed by atoms with van der Waals surface area (Å²) in [5, 5.41) is 14.2. The first-order valence-electron chi connectivity index (χ1n) is 6.17. The highest BCUT2D eigenvalue weighted by Crippen LogP contribution is 2.18. The van der Waals surface area contributed by atoms with E-state index in [-0.39, 0.29) is 19.6 Å². The van der Waals surface area contributed by atoms with Crippen molar-refractivity contribution in [2.75, 3.05) is 13.2 Å². The van der Waals surface area contributed by atoms with Gasteiger partial charge in [-0.1, -0.05) is 0 Å². The molecule has 0 spiro atoms. The molecule has 0 aliphatic carbocycles. The normalized spacial score (nSPS) is 21.4. The van der Waals surface area contributed by atoms with E-state index in [0.717, 1.165) is 0 Å². The fourth-order valence-electron chi connectivity index (χ4n) is 1.92. The number of aliphatic carboxylic acids is 1. The SMILES string of the molecule is Cc1nccc(CNC(=O)NC2(C(=O)O)CCOC2)n1. The lowest BCUT2D eigenvalue weighted by Crippen LogP contribution is -2.57. The molecule has 0 saturated carbocycles. The Morgan fingerprint density at radius 1 is 1.55 bits per heavy atom. The lowest BCUT2D eigenvalue weighted by atomic mass is 9.99. The lowest BCUT2D eigenvalue weighted by molar-refractivity contribution is -0.144. The zero-order chi connectivity index (χ0) is 14.6. The molecular weight excluding hydrogens is 264 g/mol. The number of carboxylic acid groups (broad SMARTS) is 1. The van der Waals surface area contributed by atoms with E-state index < -0.39 is 17.5 Å². The Bertz CT molecular complexity index is 514. The van der Waals surface area contributed by atoms with Gasteiger partial charge in [-0.05, 0) is 13.0 Å². The number of amides is 2. The summed E-state index contributed by atoms with van der Waals surface area (Å²) in [5.74, 6) is -0.487. The molecule has 1 aliphatic heterocycles. The molecule has 1 atom stereocenters. The van der Waals surface area contributed by atoms with Crippen LogP contribution in [0.25, 0.3) is 0 Å². The summed E-state index contributed by atoms with van der Waals surface area (Å²) in [6, 6.07) is 1.12. The number of carbonyl (C=O) groups is 2. The third-order valence-electron chi connectivity index (χ3n) is 3.05. The lowest BCUT2D eigenvalue weighted by Gasteiger charge is -2.23. The van der Waals surface area contributed by atoms with Crippen LogP contribution in [0.15, 0.2) is 12.3 Å². The van der Waals surface area contributed by atoms with Gasteiger partial charge in [-0.15, -0.1) is 0 Å². The molecule has 1 fully saturated rings. The van der Waals surface area contributed by atoms with Crippen LogP contribution in [-0.2, 0) is 16.1 Å². The van der Waals surface area contributed by atoms with Crippen LogP contribution in [0.1, 0.15) is 17.9 Å². The van der Waals surface area contributed by atoms with Crippen LogP contribution < -0.4 is 10.6 Å². The van der Waals surface area contributed by atoms with Crippen LogP contribution in [0.4, 0.5) is 4.79 Å². The van der Waals surface area contributed by atoms with Crippen molar-refractivity contribution in [1.82, 2.24) is 20.6 Å². The Kier molecular flexibility index (Phi) is 4.14. The highest BCUT2D eigenvalue weighted by molar-refractivity contribution is 5.86. The molecule has 1 saturated heterocycles. The van der Waals surface area contributed by atoms with Gasteiger partial charge in [-0.3, -0.25) is 0 Å². The Morgan fingerprint density at radius 2 is 2.35 bits per heavy atom. The zero-order valence-corrected chi connectivity index (χ0v) is 11.0. The van der Waals surface area contributed by atoms with Crippen molar-refractivity contribution in [3.8, 4) is 0 Å². The van der Waals surface area contributed by atoms with Crippen molar-refractivity contribution in [3.05, 3.63) is 23.8 Å².